The number of rotatable bonds is 5. The molecule has 1 aromatic heterocycles. The van der Waals surface area contributed by atoms with Gasteiger partial charge in [-0.15, -0.1) is 0 Å². The number of nitrogens with two attached hydrogens (primary N) is 1. The molecule has 2 N–H and O–H groups in total. The van der Waals surface area contributed by atoms with E-state index in [4.69, 9.17) is 5.73 Å². The van der Waals surface area contributed by atoms with Gasteiger partial charge in [0.1, 0.15) is 12.4 Å². The topological polar surface area (TPSA) is 56.7 Å². The fraction of sp³-hybridized carbons (Fsp3) is 0.556. The molecule has 0 bridgehead atoms. The summed E-state index contributed by atoms with van der Waals surface area (Å²) >= 11 is 0. The molecule has 0 spiro atoms. The highest BCUT2D eigenvalue weighted by atomic mass is 19.4. The molecule has 25 heavy (non-hydrogen) atoms. The Hall–Kier alpha value is -1.89. The van der Waals surface area contributed by atoms with E-state index in [2.05, 4.69) is 10.1 Å². The molecule has 1 aromatic carbocycles. The van der Waals surface area contributed by atoms with Gasteiger partial charge in [0.2, 0.25) is 0 Å². The normalized spacial score (nSPS) is 21.4. The smallest absolute Gasteiger partial charge is 0.328 e. The first kappa shape index (κ1) is 17.9. The Bertz CT molecular complexity index is 673. The van der Waals surface area contributed by atoms with Gasteiger partial charge in [-0.05, 0) is 37.7 Å². The SMILES string of the molecule is NC1CCC(c2nc(CCc3ccccc3)nn2CC(F)(F)F)CC1. The van der Waals surface area contributed by atoms with E-state index in [-0.39, 0.29) is 12.0 Å². The van der Waals surface area contributed by atoms with Gasteiger partial charge < -0.3 is 5.73 Å². The molecule has 0 saturated heterocycles. The lowest BCUT2D eigenvalue weighted by molar-refractivity contribution is -0.143. The molecule has 1 saturated carbocycles. The molecule has 2 aromatic rings. The van der Waals surface area contributed by atoms with Crippen molar-refractivity contribution in [3.8, 4) is 0 Å². The Morgan fingerprint density at radius 3 is 2.36 bits per heavy atom. The van der Waals surface area contributed by atoms with Gasteiger partial charge in [-0.3, -0.25) is 0 Å². The summed E-state index contributed by atoms with van der Waals surface area (Å²) in [5.41, 5.74) is 7.03. The average Bonchev–Trinajstić information content (AvgIpc) is 2.95. The third-order valence-electron chi connectivity index (χ3n) is 4.69. The summed E-state index contributed by atoms with van der Waals surface area (Å²) in [4.78, 5) is 4.47. The molecule has 7 heteroatoms. The fourth-order valence-electron chi connectivity index (χ4n) is 3.38. The Balaban J connectivity index is 1.76. The highest BCUT2D eigenvalue weighted by Gasteiger charge is 2.33. The van der Waals surface area contributed by atoms with E-state index in [1.54, 1.807) is 0 Å². The zero-order chi connectivity index (χ0) is 17.9. The summed E-state index contributed by atoms with van der Waals surface area (Å²) in [6, 6.07) is 9.97. The third kappa shape index (κ3) is 5.04. The minimum Gasteiger partial charge on any atom is -0.328 e. The monoisotopic (exact) mass is 352 g/mol. The van der Waals surface area contributed by atoms with Crippen LogP contribution in [-0.2, 0) is 19.4 Å². The van der Waals surface area contributed by atoms with Crippen molar-refractivity contribution in [2.75, 3.05) is 0 Å². The molecular weight excluding hydrogens is 329 g/mol. The lowest BCUT2D eigenvalue weighted by Crippen LogP contribution is -2.28. The lowest BCUT2D eigenvalue weighted by Gasteiger charge is -2.25. The van der Waals surface area contributed by atoms with Crippen LogP contribution in [0, 0.1) is 0 Å². The largest absolute Gasteiger partial charge is 0.408 e. The van der Waals surface area contributed by atoms with Crippen molar-refractivity contribution in [3.63, 3.8) is 0 Å². The van der Waals surface area contributed by atoms with Crippen LogP contribution >= 0.6 is 0 Å². The van der Waals surface area contributed by atoms with Crippen molar-refractivity contribution < 1.29 is 13.2 Å². The summed E-state index contributed by atoms with van der Waals surface area (Å²) in [5.74, 6) is 0.963. The van der Waals surface area contributed by atoms with Gasteiger partial charge >= 0.3 is 6.18 Å². The van der Waals surface area contributed by atoms with E-state index in [1.807, 2.05) is 30.3 Å². The van der Waals surface area contributed by atoms with Crippen LogP contribution in [0.15, 0.2) is 30.3 Å². The van der Waals surface area contributed by atoms with Gasteiger partial charge in [0.25, 0.3) is 0 Å². The molecule has 0 atom stereocenters. The fourth-order valence-corrected chi connectivity index (χ4v) is 3.38. The molecule has 0 radical (unpaired) electrons. The summed E-state index contributed by atoms with van der Waals surface area (Å²) in [5, 5.41) is 4.16. The number of halogens is 3. The van der Waals surface area contributed by atoms with Crippen molar-refractivity contribution >= 4 is 0 Å². The quantitative estimate of drug-likeness (QED) is 0.894. The van der Waals surface area contributed by atoms with E-state index < -0.39 is 12.7 Å². The first-order chi connectivity index (χ1) is 11.9. The maximum absolute atomic E-state index is 12.9. The maximum atomic E-state index is 12.9. The summed E-state index contributed by atoms with van der Waals surface area (Å²) < 4.78 is 39.8. The predicted octanol–water partition coefficient (Wildman–Crippen LogP) is 3.61. The molecule has 1 fully saturated rings. The molecule has 4 nitrogen and oxygen atoms in total. The molecule has 0 aliphatic heterocycles. The van der Waals surface area contributed by atoms with Crippen LogP contribution in [0.1, 0.15) is 48.8 Å². The highest BCUT2D eigenvalue weighted by molar-refractivity contribution is 5.15. The second kappa shape index (κ2) is 7.56. The number of aromatic nitrogens is 3. The van der Waals surface area contributed by atoms with Gasteiger partial charge in [0.15, 0.2) is 5.82 Å². The minimum atomic E-state index is -4.30. The number of alkyl halides is 3. The van der Waals surface area contributed by atoms with E-state index in [9.17, 15) is 13.2 Å². The first-order valence-electron chi connectivity index (χ1n) is 8.70. The van der Waals surface area contributed by atoms with Crippen molar-refractivity contribution in [1.29, 1.82) is 0 Å². The van der Waals surface area contributed by atoms with E-state index in [0.717, 1.165) is 35.9 Å². The van der Waals surface area contributed by atoms with E-state index >= 15 is 0 Å². The maximum Gasteiger partial charge on any atom is 0.408 e. The molecule has 0 unspecified atom stereocenters. The molecular formula is C18H23F3N4. The Kier molecular flexibility index (Phi) is 5.42. The molecule has 1 heterocycles. The van der Waals surface area contributed by atoms with Crippen molar-refractivity contribution in [2.24, 2.45) is 5.73 Å². The molecule has 1 aliphatic rings. The molecule has 136 valence electrons. The third-order valence-corrected chi connectivity index (χ3v) is 4.69. The van der Waals surface area contributed by atoms with Crippen LogP contribution < -0.4 is 5.73 Å². The second-order valence-corrected chi connectivity index (χ2v) is 6.76. The first-order valence-corrected chi connectivity index (χ1v) is 8.70. The van der Waals surface area contributed by atoms with Gasteiger partial charge in [-0.2, -0.15) is 18.3 Å². The standard InChI is InChI=1S/C18H23F3N4/c19-18(20,21)12-25-17(14-7-9-15(22)10-8-14)23-16(24-25)11-6-13-4-2-1-3-5-13/h1-5,14-15H,6-12,22H2. The Morgan fingerprint density at radius 1 is 1.04 bits per heavy atom. The van der Waals surface area contributed by atoms with Crippen molar-refractivity contribution in [2.45, 2.75) is 63.2 Å². The van der Waals surface area contributed by atoms with Crippen LogP contribution in [-0.4, -0.2) is 27.0 Å². The molecule has 3 rings (SSSR count). The number of nitrogens with zero attached hydrogens (tertiary/aromatic N) is 3. The Labute approximate surface area is 145 Å². The van der Waals surface area contributed by atoms with E-state index in [0.29, 0.717) is 24.5 Å². The number of hydrogen-bond acceptors (Lipinski definition) is 3. The van der Waals surface area contributed by atoms with Gasteiger partial charge in [-0.1, -0.05) is 30.3 Å². The zero-order valence-electron chi connectivity index (χ0n) is 14.0. The minimum absolute atomic E-state index is 0.0140. The Morgan fingerprint density at radius 2 is 1.72 bits per heavy atom. The van der Waals surface area contributed by atoms with Gasteiger partial charge in [-0.25, -0.2) is 9.67 Å². The van der Waals surface area contributed by atoms with Crippen LogP contribution in [0.5, 0.6) is 0 Å². The number of hydrogen-bond donors (Lipinski definition) is 1. The number of aryl methyl sites for hydroxylation is 2. The second-order valence-electron chi connectivity index (χ2n) is 6.76. The van der Waals surface area contributed by atoms with Crippen molar-refractivity contribution in [3.05, 3.63) is 47.5 Å². The van der Waals surface area contributed by atoms with Gasteiger partial charge in [0, 0.05) is 18.4 Å². The zero-order valence-corrected chi connectivity index (χ0v) is 14.0. The summed E-state index contributed by atoms with van der Waals surface area (Å²) in [6.45, 7) is -1.08. The molecule has 0 amide bonds. The van der Waals surface area contributed by atoms with Crippen LogP contribution in [0.25, 0.3) is 0 Å². The predicted molar refractivity (Wildman–Crippen MR) is 89.1 cm³/mol. The van der Waals surface area contributed by atoms with Crippen LogP contribution in [0.4, 0.5) is 13.2 Å². The average molecular weight is 352 g/mol. The summed E-state index contributed by atoms with van der Waals surface area (Å²) in [7, 11) is 0. The molecule has 1 aliphatic carbocycles. The summed E-state index contributed by atoms with van der Waals surface area (Å²) in [6.07, 6.45) is 0.141. The van der Waals surface area contributed by atoms with Crippen LogP contribution in [0.2, 0.25) is 0 Å². The highest BCUT2D eigenvalue weighted by Crippen LogP contribution is 2.32. The van der Waals surface area contributed by atoms with Gasteiger partial charge in [0.05, 0.1) is 0 Å². The van der Waals surface area contributed by atoms with E-state index in [1.165, 1.54) is 0 Å². The van der Waals surface area contributed by atoms with Crippen molar-refractivity contribution in [1.82, 2.24) is 14.8 Å². The lowest BCUT2D eigenvalue weighted by atomic mass is 9.86. The number of benzene rings is 1. The van der Waals surface area contributed by atoms with Crippen LogP contribution in [0.3, 0.4) is 0 Å².